The molecule has 0 atom stereocenters. The summed E-state index contributed by atoms with van der Waals surface area (Å²) in [6.07, 6.45) is 1.56. The SMILES string of the molecule is CCNCCn1nc(C)c(S(=O)(=O)NC(CC)CC)c1C. The average molecular weight is 316 g/mol. The van der Waals surface area contributed by atoms with Crippen LogP contribution >= 0.6 is 0 Å². The maximum absolute atomic E-state index is 12.6. The molecule has 1 aromatic heterocycles. The third-order valence-corrected chi connectivity index (χ3v) is 5.41. The van der Waals surface area contributed by atoms with Crippen molar-refractivity contribution < 1.29 is 8.42 Å². The highest BCUT2D eigenvalue weighted by molar-refractivity contribution is 7.89. The number of aromatic nitrogens is 2. The van der Waals surface area contributed by atoms with Gasteiger partial charge in [0.1, 0.15) is 4.90 Å². The van der Waals surface area contributed by atoms with E-state index < -0.39 is 10.0 Å². The lowest BCUT2D eigenvalue weighted by atomic mass is 10.2. The largest absolute Gasteiger partial charge is 0.315 e. The van der Waals surface area contributed by atoms with E-state index in [1.807, 2.05) is 27.7 Å². The zero-order valence-electron chi connectivity index (χ0n) is 13.7. The normalized spacial score (nSPS) is 12.3. The second kappa shape index (κ2) is 7.91. The van der Waals surface area contributed by atoms with Crippen LogP contribution in [0.1, 0.15) is 45.0 Å². The number of nitrogens with one attached hydrogen (secondary N) is 2. The Hall–Kier alpha value is -0.920. The Morgan fingerprint density at radius 2 is 1.81 bits per heavy atom. The Morgan fingerprint density at radius 3 is 2.33 bits per heavy atom. The first-order valence-corrected chi connectivity index (χ1v) is 9.12. The topological polar surface area (TPSA) is 76.0 Å². The average Bonchev–Trinajstić information content (AvgIpc) is 2.71. The number of sulfonamides is 1. The summed E-state index contributed by atoms with van der Waals surface area (Å²) >= 11 is 0. The van der Waals surface area contributed by atoms with Crippen LogP contribution in [0.5, 0.6) is 0 Å². The van der Waals surface area contributed by atoms with E-state index in [2.05, 4.69) is 15.1 Å². The number of likely N-dealkylation sites (N-methyl/N-ethyl adjacent to an activating group) is 1. The first-order chi connectivity index (χ1) is 9.87. The van der Waals surface area contributed by atoms with E-state index in [9.17, 15) is 8.42 Å². The standard InChI is InChI=1S/C14H28N4O2S/c1-6-13(7-2)17-21(19,20)14-11(4)16-18(12(14)5)10-9-15-8-3/h13,15,17H,6-10H2,1-5H3. The van der Waals surface area contributed by atoms with E-state index >= 15 is 0 Å². The molecular weight excluding hydrogens is 288 g/mol. The van der Waals surface area contributed by atoms with Gasteiger partial charge in [0.25, 0.3) is 0 Å². The Bertz CT molecular complexity index is 548. The first-order valence-electron chi connectivity index (χ1n) is 7.64. The quantitative estimate of drug-likeness (QED) is 0.678. The molecule has 0 unspecified atom stereocenters. The molecule has 0 aromatic carbocycles. The zero-order valence-corrected chi connectivity index (χ0v) is 14.5. The van der Waals surface area contributed by atoms with Crippen molar-refractivity contribution in [3.05, 3.63) is 11.4 Å². The van der Waals surface area contributed by atoms with Gasteiger partial charge < -0.3 is 5.32 Å². The smallest absolute Gasteiger partial charge is 0.244 e. The molecule has 0 radical (unpaired) electrons. The molecule has 1 rings (SSSR count). The molecule has 2 N–H and O–H groups in total. The molecule has 21 heavy (non-hydrogen) atoms. The summed E-state index contributed by atoms with van der Waals surface area (Å²) in [5.74, 6) is 0. The minimum atomic E-state index is -3.51. The maximum Gasteiger partial charge on any atom is 0.244 e. The van der Waals surface area contributed by atoms with Crippen LogP contribution in [-0.4, -0.2) is 37.3 Å². The summed E-state index contributed by atoms with van der Waals surface area (Å²) in [5.41, 5.74) is 1.26. The molecular formula is C14H28N4O2S. The number of aryl methyl sites for hydroxylation is 1. The van der Waals surface area contributed by atoms with Crippen LogP contribution in [0.15, 0.2) is 4.90 Å². The molecule has 1 aromatic rings. The molecule has 0 bridgehead atoms. The van der Waals surface area contributed by atoms with Gasteiger partial charge in [0.15, 0.2) is 0 Å². The molecule has 0 aliphatic heterocycles. The summed E-state index contributed by atoms with van der Waals surface area (Å²) in [5, 5.41) is 7.58. The van der Waals surface area contributed by atoms with Crippen LogP contribution in [0.2, 0.25) is 0 Å². The van der Waals surface area contributed by atoms with E-state index in [4.69, 9.17) is 0 Å². The Labute approximate surface area is 128 Å². The Morgan fingerprint density at radius 1 is 1.19 bits per heavy atom. The van der Waals surface area contributed by atoms with Gasteiger partial charge in [-0.25, -0.2) is 13.1 Å². The van der Waals surface area contributed by atoms with Gasteiger partial charge in [-0.15, -0.1) is 0 Å². The highest BCUT2D eigenvalue weighted by atomic mass is 32.2. The molecule has 7 heteroatoms. The molecule has 1 heterocycles. The Kier molecular flexibility index (Phi) is 6.83. The van der Waals surface area contributed by atoms with Crippen molar-refractivity contribution >= 4 is 10.0 Å². The maximum atomic E-state index is 12.6. The van der Waals surface area contributed by atoms with E-state index in [1.165, 1.54) is 0 Å². The third-order valence-electron chi connectivity index (χ3n) is 3.64. The lowest BCUT2D eigenvalue weighted by Crippen LogP contribution is -2.34. The monoisotopic (exact) mass is 316 g/mol. The summed E-state index contributed by atoms with van der Waals surface area (Å²) in [6.45, 7) is 11.9. The van der Waals surface area contributed by atoms with Crippen molar-refractivity contribution in [2.24, 2.45) is 0 Å². The molecule has 0 fully saturated rings. The third kappa shape index (κ3) is 4.52. The van der Waals surface area contributed by atoms with Crippen molar-refractivity contribution in [2.45, 2.75) is 64.9 Å². The van der Waals surface area contributed by atoms with Gasteiger partial charge in [0.2, 0.25) is 10.0 Å². The van der Waals surface area contributed by atoms with Gasteiger partial charge in [0.05, 0.1) is 17.9 Å². The molecule has 0 aliphatic rings. The lowest BCUT2D eigenvalue weighted by Gasteiger charge is -2.15. The fraction of sp³-hybridized carbons (Fsp3) is 0.786. The second-order valence-corrected chi connectivity index (χ2v) is 6.86. The van der Waals surface area contributed by atoms with Gasteiger partial charge >= 0.3 is 0 Å². The van der Waals surface area contributed by atoms with Crippen molar-refractivity contribution in [1.29, 1.82) is 0 Å². The minimum Gasteiger partial charge on any atom is -0.315 e. The van der Waals surface area contributed by atoms with Gasteiger partial charge in [-0.3, -0.25) is 4.68 Å². The van der Waals surface area contributed by atoms with Crippen molar-refractivity contribution in [3.8, 4) is 0 Å². The van der Waals surface area contributed by atoms with Gasteiger partial charge in [-0.2, -0.15) is 5.10 Å². The second-order valence-electron chi connectivity index (χ2n) is 5.21. The van der Waals surface area contributed by atoms with Crippen LogP contribution < -0.4 is 10.0 Å². The van der Waals surface area contributed by atoms with E-state index in [1.54, 1.807) is 11.6 Å². The molecule has 0 amide bonds. The summed E-state index contributed by atoms with van der Waals surface area (Å²) < 4.78 is 29.7. The number of hydrogen-bond acceptors (Lipinski definition) is 4. The van der Waals surface area contributed by atoms with E-state index in [0.29, 0.717) is 22.8 Å². The number of hydrogen-bond donors (Lipinski definition) is 2. The van der Waals surface area contributed by atoms with Gasteiger partial charge in [-0.05, 0) is 33.2 Å². The highest BCUT2D eigenvalue weighted by Crippen LogP contribution is 2.20. The molecule has 0 aliphatic carbocycles. The van der Waals surface area contributed by atoms with Crippen molar-refractivity contribution in [1.82, 2.24) is 19.8 Å². The lowest BCUT2D eigenvalue weighted by molar-refractivity contribution is 0.527. The molecule has 0 saturated heterocycles. The predicted molar refractivity (Wildman–Crippen MR) is 84.9 cm³/mol. The van der Waals surface area contributed by atoms with Gasteiger partial charge in [-0.1, -0.05) is 20.8 Å². The Balaban J connectivity index is 3.01. The minimum absolute atomic E-state index is 0.0288. The van der Waals surface area contributed by atoms with E-state index in [0.717, 1.165) is 25.9 Å². The summed E-state index contributed by atoms with van der Waals surface area (Å²) in [7, 11) is -3.51. The number of nitrogens with zero attached hydrogens (tertiary/aromatic N) is 2. The molecule has 6 nitrogen and oxygen atoms in total. The number of rotatable bonds is 9. The molecule has 0 spiro atoms. The van der Waals surface area contributed by atoms with Crippen LogP contribution in [0, 0.1) is 13.8 Å². The zero-order chi connectivity index (χ0) is 16.0. The van der Waals surface area contributed by atoms with Crippen LogP contribution in [0.4, 0.5) is 0 Å². The van der Waals surface area contributed by atoms with Crippen LogP contribution in [-0.2, 0) is 16.6 Å². The fourth-order valence-electron chi connectivity index (χ4n) is 2.38. The fourth-order valence-corrected chi connectivity index (χ4v) is 4.20. The summed E-state index contributed by atoms with van der Waals surface area (Å²) in [4.78, 5) is 0.325. The predicted octanol–water partition coefficient (Wildman–Crippen LogP) is 1.58. The van der Waals surface area contributed by atoms with Crippen molar-refractivity contribution in [3.63, 3.8) is 0 Å². The highest BCUT2D eigenvalue weighted by Gasteiger charge is 2.26. The molecule has 0 saturated carbocycles. The molecule has 122 valence electrons. The van der Waals surface area contributed by atoms with Gasteiger partial charge in [0, 0.05) is 12.6 Å². The summed E-state index contributed by atoms with van der Waals surface area (Å²) in [6, 6.07) is -0.0288. The van der Waals surface area contributed by atoms with E-state index in [-0.39, 0.29) is 6.04 Å². The first kappa shape index (κ1) is 18.1. The van der Waals surface area contributed by atoms with Crippen LogP contribution in [0.25, 0.3) is 0 Å². The van der Waals surface area contributed by atoms with Crippen molar-refractivity contribution in [2.75, 3.05) is 13.1 Å². The van der Waals surface area contributed by atoms with Crippen LogP contribution in [0.3, 0.4) is 0 Å².